The third-order valence-electron chi connectivity index (χ3n) is 4.78. The maximum atomic E-state index is 12.3. The molecule has 1 fully saturated rings. The van der Waals surface area contributed by atoms with Gasteiger partial charge in [-0.25, -0.2) is 0 Å². The third kappa shape index (κ3) is 5.36. The number of rotatable bonds is 8. The lowest BCUT2D eigenvalue weighted by Crippen LogP contribution is -2.37. The van der Waals surface area contributed by atoms with E-state index >= 15 is 0 Å². The average molecular weight is 344 g/mol. The van der Waals surface area contributed by atoms with E-state index < -0.39 is 0 Å². The molecular formula is C19H28N4O2. The first-order valence-electron chi connectivity index (χ1n) is 9.03. The molecule has 0 aromatic heterocycles. The van der Waals surface area contributed by atoms with Crippen LogP contribution in [0.1, 0.15) is 26.2 Å². The summed E-state index contributed by atoms with van der Waals surface area (Å²) in [6.07, 6.45) is 2.33. The van der Waals surface area contributed by atoms with Crippen molar-refractivity contribution in [2.45, 2.75) is 26.2 Å². The SMILES string of the molecule is CCN(CCC#N)C(=O)CNc1ccccc1N1CCC(CO)CC1. The van der Waals surface area contributed by atoms with Crippen LogP contribution in [0, 0.1) is 17.2 Å². The van der Waals surface area contributed by atoms with Gasteiger partial charge in [0.05, 0.1) is 30.4 Å². The van der Waals surface area contributed by atoms with Gasteiger partial charge in [-0.2, -0.15) is 5.26 Å². The summed E-state index contributed by atoms with van der Waals surface area (Å²) in [6, 6.07) is 10.1. The lowest BCUT2D eigenvalue weighted by atomic mass is 9.97. The molecule has 25 heavy (non-hydrogen) atoms. The van der Waals surface area contributed by atoms with Gasteiger partial charge in [0.2, 0.25) is 5.91 Å². The molecule has 6 nitrogen and oxygen atoms in total. The maximum absolute atomic E-state index is 12.3. The largest absolute Gasteiger partial charge is 0.396 e. The van der Waals surface area contributed by atoms with Crippen molar-refractivity contribution in [2.24, 2.45) is 5.92 Å². The average Bonchev–Trinajstić information content (AvgIpc) is 2.67. The van der Waals surface area contributed by atoms with Crippen molar-refractivity contribution in [1.82, 2.24) is 4.90 Å². The van der Waals surface area contributed by atoms with Gasteiger partial charge >= 0.3 is 0 Å². The molecule has 2 N–H and O–H groups in total. The normalized spacial score (nSPS) is 14.8. The fourth-order valence-corrected chi connectivity index (χ4v) is 3.18. The molecule has 2 rings (SSSR count). The fraction of sp³-hybridized carbons (Fsp3) is 0.579. The van der Waals surface area contributed by atoms with Crippen LogP contribution in [0.25, 0.3) is 0 Å². The number of hydrogen-bond acceptors (Lipinski definition) is 5. The van der Waals surface area contributed by atoms with E-state index in [4.69, 9.17) is 5.26 Å². The summed E-state index contributed by atoms with van der Waals surface area (Å²) in [4.78, 5) is 16.3. The molecule has 1 amide bonds. The number of nitrogens with one attached hydrogen (secondary N) is 1. The first-order valence-corrected chi connectivity index (χ1v) is 9.03. The van der Waals surface area contributed by atoms with E-state index in [0.717, 1.165) is 37.3 Å². The molecule has 1 heterocycles. The van der Waals surface area contributed by atoms with E-state index in [2.05, 4.69) is 22.4 Å². The third-order valence-corrected chi connectivity index (χ3v) is 4.78. The molecule has 0 unspecified atom stereocenters. The molecule has 1 aromatic carbocycles. The molecule has 0 atom stereocenters. The molecule has 0 bridgehead atoms. The van der Waals surface area contributed by atoms with Crippen LogP contribution in [0.4, 0.5) is 11.4 Å². The number of piperidine rings is 1. The van der Waals surface area contributed by atoms with E-state index in [-0.39, 0.29) is 19.1 Å². The highest BCUT2D eigenvalue weighted by Crippen LogP contribution is 2.29. The summed E-state index contributed by atoms with van der Waals surface area (Å²) in [5.41, 5.74) is 2.06. The number of hydrogen-bond donors (Lipinski definition) is 2. The quantitative estimate of drug-likeness (QED) is 0.755. The maximum Gasteiger partial charge on any atom is 0.241 e. The van der Waals surface area contributed by atoms with Gasteiger partial charge in [0, 0.05) is 32.8 Å². The Hall–Kier alpha value is -2.26. The van der Waals surface area contributed by atoms with Crippen LogP contribution in [0.3, 0.4) is 0 Å². The van der Waals surface area contributed by atoms with Gasteiger partial charge in [-0.15, -0.1) is 0 Å². The number of aliphatic hydroxyl groups excluding tert-OH is 1. The van der Waals surface area contributed by atoms with Crippen LogP contribution in [-0.4, -0.2) is 55.2 Å². The van der Waals surface area contributed by atoms with E-state index in [1.807, 2.05) is 25.1 Å². The van der Waals surface area contributed by atoms with E-state index in [0.29, 0.717) is 25.4 Å². The Labute approximate surface area is 150 Å². The second-order valence-corrected chi connectivity index (χ2v) is 6.37. The number of anilines is 2. The van der Waals surface area contributed by atoms with Crippen molar-refractivity contribution in [1.29, 1.82) is 5.26 Å². The zero-order valence-corrected chi connectivity index (χ0v) is 14.9. The smallest absolute Gasteiger partial charge is 0.241 e. The Kier molecular flexibility index (Phi) is 7.55. The van der Waals surface area contributed by atoms with Crippen molar-refractivity contribution in [3.8, 4) is 6.07 Å². The van der Waals surface area contributed by atoms with E-state index in [1.54, 1.807) is 4.90 Å². The van der Waals surface area contributed by atoms with Crippen molar-refractivity contribution < 1.29 is 9.90 Å². The zero-order valence-electron chi connectivity index (χ0n) is 14.9. The molecule has 6 heteroatoms. The van der Waals surface area contributed by atoms with Crippen molar-refractivity contribution >= 4 is 17.3 Å². The van der Waals surface area contributed by atoms with Crippen LogP contribution >= 0.6 is 0 Å². The van der Waals surface area contributed by atoms with Gasteiger partial charge in [0.1, 0.15) is 0 Å². The van der Waals surface area contributed by atoms with Crippen LogP contribution in [0.5, 0.6) is 0 Å². The number of nitriles is 1. The molecule has 1 saturated heterocycles. The van der Waals surface area contributed by atoms with Crippen LogP contribution in [-0.2, 0) is 4.79 Å². The van der Waals surface area contributed by atoms with Gasteiger partial charge in [-0.05, 0) is 37.8 Å². The summed E-state index contributed by atoms with van der Waals surface area (Å²) in [6.45, 7) is 5.33. The summed E-state index contributed by atoms with van der Waals surface area (Å²) in [7, 11) is 0. The Bertz CT molecular complexity index is 591. The van der Waals surface area contributed by atoms with Crippen molar-refractivity contribution in [3.63, 3.8) is 0 Å². The topological polar surface area (TPSA) is 79.6 Å². The highest BCUT2D eigenvalue weighted by molar-refractivity contribution is 5.82. The molecule has 0 spiro atoms. The van der Waals surface area contributed by atoms with Crippen molar-refractivity contribution in [3.05, 3.63) is 24.3 Å². The monoisotopic (exact) mass is 344 g/mol. The Balaban J connectivity index is 1.96. The number of carbonyl (C=O) groups is 1. The molecule has 136 valence electrons. The van der Waals surface area contributed by atoms with Gasteiger partial charge in [-0.3, -0.25) is 4.79 Å². The zero-order chi connectivity index (χ0) is 18.1. The van der Waals surface area contributed by atoms with E-state index in [9.17, 15) is 9.90 Å². The molecule has 1 aromatic rings. The number of amides is 1. The Morgan fingerprint density at radius 2 is 2.12 bits per heavy atom. The van der Waals surface area contributed by atoms with Crippen LogP contribution in [0.15, 0.2) is 24.3 Å². The predicted octanol–water partition coefficient (Wildman–Crippen LogP) is 2.07. The summed E-state index contributed by atoms with van der Waals surface area (Å²) < 4.78 is 0. The minimum Gasteiger partial charge on any atom is -0.396 e. The molecular weight excluding hydrogens is 316 g/mol. The second-order valence-electron chi connectivity index (χ2n) is 6.37. The minimum atomic E-state index is 0.00606. The molecule has 0 saturated carbocycles. The summed E-state index contributed by atoms with van der Waals surface area (Å²) in [5.74, 6) is 0.405. The lowest BCUT2D eigenvalue weighted by Gasteiger charge is -2.34. The van der Waals surface area contributed by atoms with Gasteiger partial charge in [-0.1, -0.05) is 12.1 Å². The fourth-order valence-electron chi connectivity index (χ4n) is 3.18. The van der Waals surface area contributed by atoms with Gasteiger partial charge in [0.25, 0.3) is 0 Å². The number of likely N-dealkylation sites (N-methyl/N-ethyl adjacent to an activating group) is 1. The number of para-hydroxylation sites is 2. The standard InChI is InChI=1S/C19H28N4O2/c1-2-22(11-5-10-20)19(25)14-21-17-6-3-4-7-18(17)23-12-8-16(15-24)9-13-23/h3-4,6-7,16,21,24H,2,5,8-9,11-15H2,1H3. The van der Waals surface area contributed by atoms with Crippen LogP contribution < -0.4 is 10.2 Å². The number of aliphatic hydroxyl groups is 1. The first-order chi connectivity index (χ1) is 12.2. The van der Waals surface area contributed by atoms with E-state index in [1.165, 1.54) is 0 Å². The number of nitrogens with zero attached hydrogens (tertiary/aromatic N) is 3. The summed E-state index contributed by atoms with van der Waals surface area (Å²) in [5, 5.41) is 21.2. The Morgan fingerprint density at radius 1 is 1.40 bits per heavy atom. The highest BCUT2D eigenvalue weighted by atomic mass is 16.3. The van der Waals surface area contributed by atoms with Gasteiger partial charge in [0.15, 0.2) is 0 Å². The highest BCUT2D eigenvalue weighted by Gasteiger charge is 2.20. The van der Waals surface area contributed by atoms with Gasteiger partial charge < -0.3 is 20.2 Å². The summed E-state index contributed by atoms with van der Waals surface area (Å²) >= 11 is 0. The van der Waals surface area contributed by atoms with Crippen molar-refractivity contribution in [2.75, 3.05) is 49.5 Å². The lowest BCUT2D eigenvalue weighted by molar-refractivity contribution is -0.129. The Morgan fingerprint density at radius 3 is 2.76 bits per heavy atom. The second kappa shape index (κ2) is 9.90. The molecule has 0 aliphatic carbocycles. The number of carbonyl (C=O) groups excluding carboxylic acids is 1. The number of benzene rings is 1. The van der Waals surface area contributed by atoms with Crippen LogP contribution in [0.2, 0.25) is 0 Å². The molecule has 0 radical (unpaired) electrons. The predicted molar refractivity (Wildman–Crippen MR) is 99.4 cm³/mol. The minimum absolute atomic E-state index is 0.00606. The molecule has 1 aliphatic rings. The molecule has 1 aliphatic heterocycles. The first kappa shape index (κ1) is 19.1.